The fourth-order valence-electron chi connectivity index (χ4n) is 0.557. The second-order valence-corrected chi connectivity index (χ2v) is 1.82. The van der Waals surface area contributed by atoms with Crippen molar-refractivity contribution in [3.63, 3.8) is 0 Å². The van der Waals surface area contributed by atoms with Gasteiger partial charge in [0.1, 0.15) is 0 Å². The van der Waals surface area contributed by atoms with Crippen LogP contribution in [-0.2, 0) is 0 Å². The Morgan fingerprint density at radius 2 is 2.50 bits per heavy atom. The Balaban J connectivity index is 2.95. The third kappa shape index (κ3) is 5.74. The first-order valence-electron chi connectivity index (χ1n) is 4.43. The van der Waals surface area contributed by atoms with E-state index in [0.29, 0.717) is 6.90 Å². The van der Waals surface area contributed by atoms with Crippen LogP contribution in [0.4, 0.5) is 0 Å². The number of rotatable bonds is 5. The molecule has 1 unspecified atom stereocenters. The minimum absolute atomic E-state index is 0.0919. The zero-order valence-corrected chi connectivity index (χ0v) is 5.40. The van der Waals surface area contributed by atoms with Crippen LogP contribution in [0, 0.1) is 0 Å². The van der Waals surface area contributed by atoms with Crippen LogP contribution < -0.4 is 0 Å². The van der Waals surface area contributed by atoms with Crippen molar-refractivity contribution in [2.24, 2.45) is 0 Å². The van der Waals surface area contributed by atoms with Crippen molar-refractivity contribution < 1.29 is 2.74 Å². The number of allylic oxidation sites excluding steroid dienone is 1. The van der Waals surface area contributed by atoms with Gasteiger partial charge in [0.2, 0.25) is 0 Å². The second kappa shape index (κ2) is 6.74. The molecule has 0 radical (unpaired) electrons. The molecule has 0 N–H and O–H groups in total. The minimum atomic E-state index is -0.0919. The van der Waals surface area contributed by atoms with Crippen LogP contribution in [0.15, 0.2) is 12.7 Å². The summed E-state index contributed by atoms with van der Waals surface area (Å²) in [6, 6.07) is 0. The van der Waals surface area contributed by atoms with Crippen LogP contribution >= 0.6 is 0 Å². The smallest absolute Gasteiger partial charge is 0.0310 e. The van der Waals surface area contributed by atoms with E-state index in [4.69, 9.17) is 2.74 Å². The van der Waals surface area contributed by atoms with E-state index in [2.05, 4.69) is 6.58 Å². The van der Waals surface area contributed by atoms with Gasteiger partial charge in [-0.05, 0) is 12.8 Å². The van der Waals surface area contributed by atoms with E-state index in [0.717, 1.165) is 25.7 Å². The lowest BCUT2D eigenvalue weighted by atomic mass is 10.2. The van der Waals surface area contributed by atoms with Gasteiger partial charge in [-0.15, -0.1) is 6.58 Å². The number of hydrogen-bond donors (Lipinski definition) is 0. The van der Waals surface area contributed by atoms with Gasteiger partial charge in [-0.2, -0.15) is 0 Å². The maximum absolute atomic E-state index is 7.29. The third-order valence-corrected chi connectivity index (χ3v) is 1.04. The molecule has 0 saturated heterocycles. The molecule has 0 aliphatic carbocycles. The Hall–Kier alpha value is -0.260. The number of unbranched alkanes of at least 4 members (excludes halogenated alkanes) is 2. The summed E-state index contributed by atoms with van der Waals surface area (Å²) in [7, 11) is 0. The van der Waals surface area contributed by atoms with E-state index in [9.17, 15) is 0 Å². The van der Waals surface area contributed by atoms with Gasteiger partial charge in [-0.25, -0.2) is 0 Å². The molecular weight excluding hydrogens is 96.1 g/mol. The fourth-order valence-corrected chi connectivity index (χ4v) is 0.557. The summed E-state index contributed by atoms with van der Waals surface area (Å²) in [5.74, 6) is 0. The minimum Gasteiger partial charge on any atom is -0.103 e. The molecule has 0 rings (SSSR count). The van der Waals surface area contributed by atoms with Crippen molar-refractivity contribution in [1.82, 2.24) is 0 Å². The maximum Gasteiger partial charge on any atom is 0.0310 e. The molecule has 0 saturated carbocycles. The first kappa shape index (κ1) is 4.60. The average Bonchev–Trinajstić information content (AvgIpc) is 1.98. The van der Waals surface area contributed by atoms with E-state index in [1.807, 2.05) is 0 Å². The van der Waals surface area contributed by atoms with Crippen molar-refractivity contribution in [2.45, 2.75) is 39.0 Å². The zero-order chi connectivity index (χ0) is 7.82. The van der Waals surface area contributed by atoms with Gasteiger partial charge in [0.05, 0.1) is 0 Å². The topological polar surface area (TPSA) is 0 Å². The summed E-state index contributed by atoms with van der Waals surface area (Å²) in [5.41, 5.74) is 0. The van der Waals surface area contributed by atoms with Crippen molar-refractivity contribution >= 4 is 0 Å². The normalized spacial score (nSPS) is 16.5. The van der Waals surface area contributed by atoms with Gasteiger partial charge >= 0.3 is 0 Å². The average molecular weight is 114 g/mol. The Kier molecular flexibility index (Phi) is 3.88. The van der Waals surface area contributed by atoms with E-state index in [-0.39, 0.29) is 6.40 Å². The highest BCUT2D eigenvalue weighted by molar-refractivity contribution is 4.64. The van der Waals surface area contributed by atoms with E-state index < -0.39 is 0 Å². The van der Waals surface area contributed by atoms with Crippen LogP contribution in [0.1, 0.15) is 41.7 Å². The molecule has 0 heteroatoms. The Morgan fingerprint density at radius 3 is 3.12 bits per heavy atom. The molecule has 0 aromatic rings. The molecule has 0 nitrogen and oxygen atoms in total. The highest BCUT2D eigenvalue weighted by Gasteiger charge is 1.81. The molecule has 8 heavy (non-hydrogen) atoms. The lowest BCUT2D eigenvalue weighted by Gasteiger charge is -1.91. The second-order valence-electron chi connectivity index (χ2n) is 1.82. The maximum atomic E-state index is 7.29. The van der Waals surface area contributed by atoms with Crippen LogP contribution in [0.3, 0.4) is 0 Å². The molecule has 0 aliphatic rings. The quantitative estimate of drug-likeness (QED) is 0.380. The summed E-state index contributed by atoms with van der Waals surface area (Å²) >= 11 is 0. The summed E-state index contributed by atoms with van der Waals surface area (Å²) in [6.07, 6.45) is 5.62. The molecule has 0 spiro atoms. The molecule has 0 amide bonds. The van der Waals surface area contributed by atoms with E-state index in [1.165, 1.54) is 0 Å². The SMILES string of the molecule is [2H]CCCCCC([2H])C=C. The summed E-state index contributed by atoms with van der Waals surface area (Å²) in [5, 5.41) is 0. The van der Waals surface area contributed by atoms with Gasteiger partial charge in [0.25, 0.3) is 0 Å². The summed E-state index contributed by atoms with van der Waals surface area (Å²) < 4.78 is 14.2. The summed E-state index contributed by atoms with van der Waals surface area (Å²) in [6.45, 7) is 4.06. The van der Waals surface area contributed by atoms with Crippen molar-refractivity contribution in [2.75, 3.05) is 0 Å². The monoisotopic (exact) mass is 114 g/mol. The predicted molar refractivity (Wildman–Crippen MR) is 39.0 cm³/mol. The van der Waals surface area contributed by atoms with Gasteiger partial charge in [-0.3, -0.25) is 0 Å². The van der Waals surface area contributed by atoms with Gasteiger partial charge < -0.3 is 0 Å². The molecular formula is C8H16. The molecule has 0 fully saturated rings. The largest absolute Gasteiger partial charge is 0.103 e. The van der Waals surface area contributed by atoms with Crippen LogP contribution in [0.5, 0.6) is 0 Å². The van der Waals surface area contributed by atoms with Crippen LogP contribution in [0.25, 0.3) is 0 Å². The predicted octanol–water partition coefficient (Wildman–Crippen LogP) is 3.14. The van der Waals surface area contributed by atoms with Crippen LogP contribution in [-0.4, -0.2) is 0 Å². The Labute approximate surface area is 55.4 Å². The zero-order valence-electron chi connectivity index (χ0n) is 7.40. The molecule has 0 heterocycles. The molecule has 1 atom stereocenters. The highest BCUT2D eigenvalue weighted by Crippen LogP contribution is 2.01. The van der Waals surface area contributed by atoms with Gasteiger partial charge in [-0.1, -0.05) is 32.2 Å². The van der Waals surface area contributed by atoms with E-state index >= 15 is 0 Å². The lowest BCUT2D eigenvalue weighted by Crippen LogP contribution is -1.71. The van der Waals surface area contributed by atoms with Crippen molar-refractivity contribution in [3.05, 3.63) is 12.7 Å². The molecule has 0 aliphatic heterocycles. The molecule has 0 bridgehead atoms. The Morgan fingerprint density at radius 1 is 1.62 bits per heavy atom. The first-order valence-corrected chi connectivity index (χ1v) is 3.15. The fraction of sp³-hybridized carbons (Fsp3) is 0.750. The van der Waals surface area contributed by atoms with Gasteiger partial charge in [0.15, 0.2) is 0 Å². The Bertz CT molecular complexity index is 81.3. The van der Waals surface area contributed by atoms with E-state index in [1.54, 1.807) is 6.08 Å². The number of hydrogen-bond acceptors (Lipinski definition) is 0. The highest BCUT2D eigenvalue weighted by atomic mass is 13.9. The first-order chi connectivity index (χ1) is 4.81. The molecule has 0 aromatic carbocycles. The van der Waals surface area contributed by atoms with Crippen molar-refractivity contribution in [1.29, 1.82) is 0 Å². The third-order valence-electron chi connectivity index (χ3n) is 1.04. The summed E-state index contributed by atoms with van der Waals surface area (Å²) in [4.78, 5) is 0. The lowest BCUT2D eigenvalue weighted by molar-refractivity contribution is 0.675. The standard InChI is InChI=1S/C8H16/c1-3-5-7-8-6-4-2/h3H,1,4-8H2,2H3/i2D,5D. The van der Waals surface area contributed by atoms with Crippen LogP contribution in [0.2, 0.25) is 0 Å². The van der Waals surface area contributed by atoms with Gasteiger partial charge in [0, 0.05) is 2.74 Å². The molecule has 0 aromatic heterocycles. The van der Waals surface area contributed by atoms with Crippen molar-refractivity contribution in [3.8, 4) is 0 Å². The molecule has 48 valence electrons.